The van der Waals surface area contributed by atoms with Crippen LogP contribution >= 0.6 is 0 Å². The van der Waals surface area contributed by atoms with Crippen molar-refractivity contribution in [2.75, 3.05) is 6.61 Å². The molecule has 0 fully saturated rings. The Morgan fingerprint density at radius 1 is 1.10 bits per heavy atom. The van der Waals surface area contributed by atoms with Gasteiger partial charge in [-0.25, -0.2) is 4.98 Å². The predicted octanol–water partition coefficient (Wildman–Crippen LogP) is 1.98. The minimum atomic E-state index is -1.65. The first-order valence-electron chi connectivity index (χ1n) is 11.3. The minimum Gasteiger partial charge on any atom is -0.465 e. The SMILES string of the molecule is CCCCCCCCc1ccc2nc(CC(O)C(O)C(O)C(N)C(=O)OCC)[nH]c2c1. The molecule has 0 saturated heterocycles. The first-order chi connectivity index (χ1) is 14.9. The fraction of sp³-hybridized carbons (Fsp3) is 0.652. The Hall–Kier alpha value is -2.00. The van der Waals surface area contributed by atoms with Gasteiger partial charge in [0.25, 0.3) is 0 Å². The monoisotopic (exact) mass is 435 g/mol. The van der Waals surface area contributed by atoms with E-state index in [0.29, 0.717) is 5.82 Å². The quantitative estimate of drug-likeness (QED) is 0.226. The molecule has 0 amide bonds. The van der Waals surface area contributed by atoms with Crippen LogP contribution in [0.5, 0.6) is 0 Å². The predicted molar refractivity (Wildman–Crippen MR) is 120 cm³/mol. The highest BCUT2D eigenvalue weighted by Crippen LogP contribution is 2.18. The third-order valence-corrected chi connectivity index (χ3v) is 5.49. The summed E-state index contributed by atoms with van der Waals surface area (Å²) in [6, 6.07) is 4.62. The molecule has 2 rings (SSSR count). The van der Waals surface area contributed by atoms with Crippen molar-refractivity contribution in [3.05, 3.63) is 29.6 Å². The summed E-state index contributed by atoms with van der Waals surface area (Å²) in [6.07, 6.45) is 3.88. The first-order valence-corrected chi connectivity index (χ1v) is 11.3. The molecule has 0 spiro atoms. The molecular formula is C23H37N3O5. The van der Waals surface area contributed by atoms with E-state index in [0.717, 1.165) is 23.9 Å². The highest BCUT2D eigenvalue weighted by atomic mass is 16.5. The zero-order valence-electron chi connectivity index (χ0n) is 18.6. The Balaban J connectivity index is 1.91. The maximum Gasteiger partial charge on any atom is 0.325 e. The maximum atomic E-state index is 11.6. The van der Waals surface area contributed by atoms with Crippen LogP contribution in [0.3, 0.4) is 0 Å². The number of rotatable bonds is 14. The number of esters is 1. The fourth-order valence-corrected chi connectivity index (χ4v) is 3.61. The van der Waals surface area contributed by atoms with E-state index in [-0.39, 0.29) is 13.0 Å². The molecule has 4 unspecified atom stereocenters. The van der Waals surface area contributed by atoms with Crippen LogP contribution in [0, 0.1) is 0 Å². The van der Waals surface area contributed by atoms with Gasteiger partial charge in [0.15, 0.2) is 0 Å². The van der Waals surface area contributed by atoms with Crippen LogP contribution in [0.25, 0.3) is 11.0 Å². The molecule has 1 heterocycles. The Kier molecular flexibility index (Phi) is 10.4. The highest BCUT2D eigenvalue weighted by molar-refractivity contribution is 5.76. The molecule has 8 nitrogen and oxygen atoms in total. The molecule has 6 N–H and O–H groups in total. The number of imidazole rings is 1. The number of aromatic amines is 1. The summed E-state index contributed by atoms with van der Waals surface area (Å²) in [5.41, 5.74) is 8.48. The lowest BCUT2D eigenvalue weighted by Crippen LogP contribution is -2.52. The van der Waals surface area contributed by atoms with Crippen LogP contribution in [0.1, 0.15) is 63.8 Å². The number of H-pyrrole nitrogens is 1. The smallest absolute Gasteiger partial charge is 0.325 e. The zero-order valence-corrected chi connectivity index (χ0v) is 18.6. The van der Waals surface area contributed by atoms with Crippen molar-refractivity contribution < 1.29 is 24.9 Å². The lowest BCUT2D eigenvalue weighted by molar-refractivity contribution is -0.151. The number of aryl methyl sites for hydroxylation is 1. The maximum absolute atomic E-state index is 11.6. The molecule has 0 aliphatic carbocycles. The Bertz CT molecular complexity index is 810. The average molecular weight is 436 g/mol. The Morgan fingerprint density at radius 2 is 1.81 bits per heavy atom. The minimum absolute atomic E-state index is 0.0186. The van der Waals surface area contributed by atoms with Gasteiger partial charge in [-0.3, -0.25) is 4.79 Å². The molecule has 1 aromatic carbocycles. The number of hydrogen-bond donors (Lipinski definition) is 5. The van der Waals surface area contributed by atoms with Gasteiger partial charge in [-0.05, 0) is 37.5 Å². The number of ether oxygens (including phenoxy) is 1. The van der Waals surface area contributed by atoms with Crippen LogP contribution in [0.4, 0.5) is 0 Å². The van der Waals surface area contributed by atoms with Crippen molar-refractivity contribution >= 4 is 17.0 Å². The third-order valence-electron chi connectivity index (χ3n) is 5.49. The molecular weight excluding hydrogens is 398 g/mol. The molecule has 174 valence electrons. The van der Waals surface area contributed by atoms with E-state index in [2.05, 4.69) is 29.0 Å². The molecule has 8 heteroatoms. The molecule has 1 aromatic heterocycles. The number of carbonyl (C=O) groups is 1. The largest absolute Gasteiger partial charge is 0.465 e. The van der Waals surface area contributed by atoms with Crippen molar-refractivity contribution in [3.63, 3.8) is 0 Å². The molecule has 31 heavy (non-hydrogen) atoms. The normalized spacial score (nSPS) is 15.5. The van der Waals surface area contributed by atoms with Crippen molar-refractivity contribution in [3.8, 4) is 0 Å². The lowest BCUT2D eigenvalue weighted by atomic mass is 9.99. The summed E-state index contributed by atoms with van der Waals surface area (Å²) in [6.45, 7) is 3.94. The fourth-order valence-electron chi connectivity index (χ4n) is 3.61. The van der Waals surface area contributed by atoms with E-state index in [9.17, 15) is 20.1 Å². The van der Waals surface area contributed by atoms with Crippen LogP contribution in [-0.2, 0) is 22.4 Å². The lowest BCUT2D eigenvalue weighted by Gasteiger charge is -2.25. The van der Waals surface area contributed by atoms with Gasteiger partial charge in [-0.1, -0.05) is 45.1 Å². The van der Waals surface area contributed by atoms with Gasteiger partial charge in [0.1, 0.15) is 24.1 Å². The molecule has 0 aliphatic rings. The first kappa shape index (κ1) is 25.3. The van der Waals surface area contributed by atoms with Gasteiger partial charge < -0.3 is 30.8 Å². The molecule has 4 atom stereocenters. The van der Waals surface area contributed by atoms with Crippen molar-refractivity contribution in [2.45, 2.75) is 89.6 Å². The van der Waals surface area contributed by atoms with Crippen molar-refractivity contribution in [1.82, 2.24) is 9.97 Å². The molecule has 0 aliphatic heterocycles. The van der Waals surface area contributed by atoms with Gasteiger partial charge in [0.2, 0.25) is 0 Å². The number of unbranched alkanes of at least 4 members (excludes halogenated alkanes) is 5. The van der Waals surface area contributed by atoms with E-state index < -0.39 is 30.3 Å². The average Bonchev–Trinajstić information content (AvgIpc) is 3.16. The van der Waals surface area contributed by atoms with Crippen LogP contribution in [-0.4, -0.2) is 62.2 Å². The Labute approximate surface area is 183 Å². The third kappa shape index (κ3) is 7.57. The van der Waals surface area contributed by atoms with Crippen LogP contribution in [0.2, 0.25) is 0 Å². The highest BCUT2D eigenvalue weighted by Gasteiger charge is 2.34. The van der Waals surface area contributed by atoms with Gasteiger partial charge in [0.05, 0.1) is 23.7 Å². The van der Waals surface area contributed by atoms with Crippen LogP contribution < -0.4 is 5.73 Å². The number of nitrogens with one attached hydrogen (secondary N) is 1. The number of aliphatic hydroxyl groups excluding tert-OH is 3. The molecule has 0 radical (unpaired) electrons. The number of benzene rings is 1. The number of nitrogens with two attached hydrogens (primary N) is 1. The zero-order chi connectivity index (χ0) is 22.8. The standard InChI is InChI=1S/C23H37N3O5/c1-3-5-6-7-8-9-10-15-11-12-16-17(13-15)26-19(25-16)14-18(27)21(28)22(29)20(24)23(30)31-4-2/h11-13,18,20-22,27-29H,3-10,14,24H2,1-2H3,(H,25,26). The number of aliphatic hydroxyl groups is 3. The number of carbonyl (C=O) groups excluding carboxylic acids is 1. The molecule has 0 saturated carbocycles. The number of hydrogen-bond acceptors (Lipinski definition) is 7. The molecule has 2 aromatic rings. The summed E-state index contributed by atoms with van der Waals surface area (Å²) >= 11 is 0. The summed E-state index contributed by atoms with van der Waals surface area (Å²) in [5.74, 6) is -0.349. The van der Waals surface area contributed by atoms with E-state index in [1.807, 2.05) is 6.07 Å². The summed E-state index contributed by atoms with van der Waals surface area (Å²) in [4.78, 5) is 19.2. The van der Waals surface area contributed by atoms with Gasteiger partial charge in [0, 0.05) is 6.42 Å². The summed E-state index contributed by atoms with van der Waals surface area (Å²) in [5, 5.41) is 30.6. The second kappa shape index (κ2) is 12.8. The van der Waals surface area contributed by atoms with E-state index in [1.54, 1.807) is 6.92 Å². The van der Waals surface area contributed by atoms with E-state index in [4.69, 9.17) is 10.5 Å². The van der Waals surface area contributed by atoms with E-state index >= 15 is 0 Å². The summed E-state index contributed by atoms with van der Waals surface area (Å²) < 4.78 is 4.74. The number of fused-ring (bicyclic) bond motifs is 1. The summed E-state index contributed by atoms with van der Waals surface area (Å²) in [7, 11) is 0. The van der Waals surface area contributed by atoms with Crippen molar-refractivity contribution in [2.24, 2.45) is 5.73 Å². The van der Waals surface area contributed by atoms with Gasteiger partial charge in [-0.15, -0.1) is 0 Å². The number of aromatic nitrogens is 2. The van der Waals surface area contributed by atoms with Gasteiger partial charge in [-0.2, -0.15) is 0 Å². The van der Waals surface area contributed by atoms with E-state index in [1.165, 1.54) is 37.7 Å². The van der Waals surface area contributed by atoms with Crippen molar-refractivity contribution in [1.29, 1.82) is 0 Å². The molecule has 0 bridgehead atoms. The Morgan fingerprint density at radius 3 is 2.52 bits per heavy atom. The van der Waals surface area contributed by atoms with Crippen LogP contribution in [0.15, 0.2) is 18.2 Å². The van der Waals surface area contributed by atoms with Gasteiger partial charge >= 0.3 is 5.97 Å². The topological polar surface area (TPSA) is 142 Å². The number of nitrogens with zero attached hydrogens (tertiary/aromatic N) is 1. The second-order valence-corrected chi connectivity index (χ2v) is 8.08. The second-order valence-electron chi connectivity index (χ2n) is 8.08.